The Morgan fingerprint density at radius 2 is 1.79 bits per heavy atom. The maximum atomic E-state index is 5.39. The number of methoxy groups -OCH3 is 2. The largest absolute Gasteiger partial charge is 0.497 e. The molecule has 0 amide bonds. The molecule has 7 nitrogen and oxygen atoms in total. The fourth-order valence-corrected chi connectivity index (χ4v) is 3.49. The molecule has 158 valence electrons. The number of aliphatic imine (C=N–C) groups is 1. The molecule has 2 saturated heterocycles. The van der Waals surface area contributed by atoms with Crippen molar-refractivity contribution in [2.45, 2.75) is 25.8 Å². The van der Waals surface area contributed by atoms with E-state index in [9.17, 15) is 0 Å². The van der Waals surface area contributed by atoms with Crippen LogP contribution in [0.1, 0.15) is 19.8 Å². The van der Waals surface area contributed by atoms with E-state index in [0.717, 1.165) is 68.8 Å². The minimum absolute atomic E-state index is 0. The first-order chi connectivity index (χ1) is 13.0. The number of anilines is 1. The molecule has 0 radical (unpaired) electrons. The number of nitrogens with one attached hydrogen (secondary N) is 2. The highest BCUT2D eigenvalue weighted by atomic mass is 127. The van der Waals surface area contributed by atoms with Crippen molar-refractivity contribution in [3.63, 3.8) is 0 Å². The van der Waals surface area contributed by atoms with Crippen molar-refractivity contribution in [3.8, 4) is 11.5 Å². The summed E-state index contributed by atoms with van der Waals surface area (Å²) in [6.07, 6.45) is 2.11. The Balaban J connectivity index is 0.00000280. The molecule has 0 spiro atoms. The van der Waals surface area contributed by atoms with Gasteiger partial charge in [-0.25, -0.2) is 0 Å². The van der Waals surface area contributed by atoms with Crippen molar-refractivity contribution >= 4 is 35.6 Å². The zero-order valence-corrected chi connectivity index (χ0v) is 19.6. The summed E-state index contributed by atoms with van der Waals surface area (Å²) in [4.78, 5) is 6.75. The smallest absolute Gasteiger partial charge is 0.191 e. The zero-order valence-electron chi connectivity index (χ0n) is 17.3. The van der Waals surface area contributed by atoms with Crippen LogP contribution in [0.15, 0.2) is 23.2 Å². The fourth-order valence-electron chi connectivity index (χ4n) is 3.49. The highest BCUT2D eigenvalue weighted by molar-refractivity contribution is 14.0. The van der Waals surface area contributed by atoms with Gasteiger partial charge in [-0.3, -0.25) is 4.99 Å². The van der Waals surface area contributed by atoms with Crippen LogP contribution in [0.4, 0.5) is 5.69 Å². The van der Waals surface area contributed by atoms with Gasteiger partial charge in [0.25, 0.3) is 0 Å². The van der Waals surface area contributed by atoms with E-state index in [2.05, 4.69) is 39.6 Å². The Kier molecular flexibility index (Phi) is 8.48. The lowest BCUT2D eigenvalue weighted by molar-refractivity contribution is -0.0971. The Hall–Kier alpha value is -1.42. The first-order valence-electron chi connectivity index (χ1n) is 9.58. The molecule has 1 aromatic rings. The molecule has 0 unspecified atom stereocenters. The van der Waals surface area contributed by atoms with Crippen molar-refractivity contribution in [1.29, 1.82) is 0 Å². The van der Waals surface area contributed by atoms with Crippen molar-refractivity contribution in [1.82, 2.24) is 10.6 Å². The number of ether oxygens (including phenoxy) is 3. The number of hydrogen-bond acceptors (Lipinski definition) is 5. The van der Waals surface area contributed by atoms with Gasteiger partial charge >= 0.3 is 0 Å². The molecular weight excluding hydrogens is 471 g/mol. The van der Waals surface area contributed by atoms with Gasteiger partial charge in [0.15, 0.2) is 5.96 Å². The van der Waals surface area contributed by atoms with Gasteiger partial charge in [0.2, 0.25) is 0 Å². The third kappa shape index (κ3) is 5.79. The second-order valence-electron chi connectivity index (χ2n) is 7.71. The minimum Gasteiger partial charge on any atom is -0.497 e. The molecule has 2 fully saturated rings. The van der Waals surface area contributed by atoms with Gasteiger partial charge in [0.1, 0.15) is 11.5 Å². The molecule has 0 saturated carbocycles. The molecule has 0 aliphatic carbocycles. The van der Waals surface area contributed by atoms with Crippen molar-refractivity contribution < 1.29 is 14.2 Å². The van der Waals surface area contributed by atoms with E-state index in [-0.39, 0.29) is 29.4 Å². The monoisotopic (exact) mass is 504 g/mol. The van der Waals surface area contributed by atoms with E-state index in [0.29, 0.717) is 6.04 Å². The average Bonchev–Trinajstić information content (AvgIpc) is 2.69. The fraction of sp³-hybridized carbons (Fsp3) is 0.650. The van der Waals surface area contributed by atoms with Crippen LogP contribution in [-0.2, 0) is 4.74 Å². The topological polar surface area (TPSA) is 67.4 Å². The third-order valence-corrected chi connectivity index (χ3v) is 5.34. The molecule has 0 aromatic heterocycles. The number of nitrogens with zero attached hydrogens (tertiary/aromatic N) is 2. The summed E-state index contributed by atoms with van der Waals surface area (Å²) in [6, 6.07) is 6.46. The molecular formula is C20H33IN4O3. The van der Waals surface area contributed by atoms with Gasteiger partial charge in [-0.05, 0) is 12.8 Å². The maximum absolute atomic E-state index is 5.39. The van der Waals surface area contributed by atoms with Crippen LogP contribution in [-0.4, -0.2) is 66.1 Å². The van der Waals surface area contributed by atoms with Crippen molar-refractivity contribution in [3.05, 3.63) is 18.2 Å². The number of rotatable bonds is 6. The first kappa shape index (κ1) is 22.9. The van der Waals surface area contributed by atoms with Crippen molar-refractivity contribution in [2.24, 2.45) is 10.4 Å². The number of hydrogen-bond donors (Lipinski definition) is 2. The number of piperidine rings is 1. The summed E-state index contributed by atoms with van der Waals surface area (Å²) >= 11 is 0. The van der Waals surface area contributed by atoms with E-state index in [1.165, 1.54) is 0 Å². The van der Waals surface area contributed by atoms with Gasteiger partial charge in [-0.2, -0.15) is 0 Å². The van der Waals surface area contributed by atoms with Gasteiger partial charge in [-0.1, -0.05) is 6.92 Å². The van der Waals surface area contributed by atoms with Gasteiger partial charge in [-0.15, -0.1) is 24.0 Å². The summed E-state index contributed by atoms with van der Waals surface area (Å²) < 4.78 is 16.1. The normalized spacial score (nSPS) is 19.3. The Morgan fingerprint density at radius 3 is 2.25 bits per heavy atom. The van der Waals surface area contributed by atoms with Crippen LogP contribution in [0.2, 0.25) is 0 Å². The highest BCUT2D eigenvalue weighted by Gasteiger charge is 2.33. The quantitative estimate of drug-likeness (QED) is 0.353. The van der Waals surface area contributed by atoms with Crippen LogP contribution in [0.5, 0.6) is 11.5 Å². The number of benzene rings is 1. The second kappa shape index (κ2) is 10.4. The van der Waals surface area contributed by atoms with Gasteiger partial charge in [0, 0.05) is 62.0 Å². The second-order valence-corrected chi connectivity index (χ2v) is 7.71. The summed E-state index contributed by atoms with van der Waals surface area (Å²) in [6.45, 7) is 6.72. The lowest BCUT2D eigenvalue weighted by Crippen LogP contribution is -2.53. The van der Waals surface area contributed by atoms with E-state index in [1.807, 2.05) is 13.1 Å². The molecule has 0 atom stereocenters. The molecule has 8 heteroatoms. The highest BCUT2D eigenvalue weighted by Crippen LogP contribution is 2.30. The molecule has 28 heavy (non-hydrogen) atoms. The van der Waals surface area contributed by atoms with E-state index < -0.39 is 0 Å². The Morgan fingerprint density at radius 1 is 1.18 bits per heavy atom. The first-order valence-corrected chi connectivity index (χ1v) is 9.58. The summed E-state index contributed by atoms with van der Waals surface area (Å²) in [5.41, 5.74) is 1.37. The van der Waals surface area contributed by atoms with Crippen LogP contribution < -0.4 is 25.0 Å². The molecule has 2 heterocycles. The van der Waals surface area contributed by atoms with Gasteiger partial charge < -0.3 is 29.7 Å². The summed E-state index contributed by atoms with van der Waals surface area (Å²) in [7, 11) is 5.19. The zero-order chi connectivity index (χ0) is 19.3. The maximum Gasteiger partial charge on any atom is 0.191 e. The predicted molar refractivity (Wildman–Crippen MR) is 124 cm³/mol. The average molecular weight is 504 g/mol. The lowest BCUT2D eigenvalue weighted by atomic mass is 9.89. The minimum atomic E-state index is 0. The van der Waals surface area contributed by atoms with E-state index in [1.54, 1.807) is 14.2 Å². The standard InChI is InChI=1S/C20H32N4O3.HI/c1-20(13-27-14-20)12-22-19(21-2)23-15-5-7-24(8-6-15)16-9-17(25-3)11-18(10-16)26-4;/h9-11,15H,5-8,12-14H2,1-4H3,(H2,21,22,23);1H. The van der Waals surface area contributed by atoms with Crippen LogP contribution in [0.25, 0.3) is 0 Å². The Bertz CT molecular complexity index is 637. The number of guanidine groups is 1. The predicted octanol–water partition coefficient (Wildman–Crippen LogP) is 2.49. The molecule has 2 N–H and O–H groups in total. The summed E-state index contributed by atoms with van der Waals surface area (Å²) in [5.74, 6) is 2.52. The lowest BCUT2D eigenvalue weighted by Gasteiger charge is -2.39. The van der Waals surface area contributed by atoms with Crippen LogP contribution in [0, 0.1) is 5.41 Å². The van der Waals surface area contributed by atoms with Gasteiger partial charge in [0.05, 0.1) is 27.4 Å². The third-order valence-electron chi connectivity index (χ3n) is 5.34. The molecule has 2 aliphatic heterocycles. The van der Waals surface area contributed by atoms with Crippen LogP contribution in [0.3, 0.4) is 0 Å². The molecule has 2 aliphatic rings. The number of halogens is 1. The van der Waals surface area contributed by atoms with Crippen LogP contribution >= 0.6 is 24.0 Å². The molecule has 1 aromatic carbocycles. The Labute approximate surface area is 185 Å². The SMILES string of the molecule is CN=C(NCC1(C)COC1)NC1CCN(c2cc(OC)cc(OC)c2)CC1.I. The van der Waals surface area contributed by atoms with Crippen molar-refractivity contribution in [2.75, 3.05) is 59.0 Å². The molecule has 0 bridgehead atoms. The molecule has 3 rings (SSSR count). The van der Waals surface area contributed by atoms with E-state index in [4.69, 9.17) is 14.2 Å². The van der Waals surface area contributed by atoms with E-state index >= 15 is 0 Å². The summed E-state index contributed by atoms with van der Waals surface area (Å²) in [5, 5.41) is 7.01.